The van der Waals surface area contributed by atoms with Crippen molar-refractivity contribution in [2.24, 2.45) is 5.73 Å². The summed E-state index contributed by atoms with van der Waals surface area (Å²) in [7, 11) is 2.16. The lowest BCUT2D eigenvalue weighted by Crippen LogP contribution is -2.31. The lowest BCUT2D eigenvalue weighted by molar-refractivity contribution is 0.758. The van der Waals surface area contributed by atoms with E-state index in [1.54, 1.807) is 0 Å². The molecule has 0 saturated heterocycles. The quantitative estimate of drug-likeness (QED) is 0.874. The van der Waals surface area contributed by atoms with Gasteiger partial charge in [0.05, 0.1) is 0 Å². The zero-order chi connectivity index (χ0) is 12.8. The molecule has 0 radical (unpaired) electrons. The Labute approximate surface area is 117 Å². The van der Waals surface area contributed by atoms with Crippen LogP contribution in [-0.2, 0) is 6.42 Å². The third-order valence-electron chi connectivity index (χ3n) is 2.91. The van der Waals surface area contributed by atoms with Crippen molar-refractivity contribution < 1.29 is 0 Å². The maximum Gasteiger partial charge on any atom is 0.0410 e. The van der Waals surface area contributed by atoms with Crippen molar-refractivity contribution in [2.75, 3.05) is 30.5 Å². The Morgan fingerprint density at radius 1 is 1.47 bits per heavy atom. The molecular formula is C13H21BrN2S. The first-order valence-corrected chi connectivity index (χ1v) is 7.99. The molecule has 0 bridgehead atoms. The van der Waals surface area contributed by atoms with Crippen LogP contribution in [0, 0.1) is 0 Å². The van der Waals surface area contributed by atoms with Gasteiger partial charge >= 0.3 is 0 Å². The van der Waals surface area contributed by atoms with Gasteiger partial charge in [0.1, 0.15) is 0 Å². The molecule has 1 aromatic carbocycles. The summed E-state index contributed by atoms with van der Waals surface area (Å²) in [4.78, 5) is 2.34. The summed E-state index contributed by atoms with van der Waals surface area (Å²) in [6.07, 6.45) is 3.07. The summed E-state index contributed by atoms with van der Waals surface area (Å²) in [5.41, 5.74) is 8.28. The molecule has 0 aliphatic carbocycles. The molecule has 0 spiro atoms. The molecule has 0 saturated carbocycles. The van der Waals surface area contributed by atoms with Gasteiger partial charge in [-0.15, -0.1) is 0 Å². The number of anilines is 1. The van der Waals surface area contributed by atoms with Crippen LogP contribution < -0.4 is 10.6 Å². The first kappa shape index (κ1) is 14.9. The fourth-order valence-electron chi connectivity index (χ4n) is 1.82. The molecule has 2 nitrogen and oxygen atoms in total. The number of halogens is 1. The van der Waals surface area contributed by atoms with Gasteiger partial charge in [-0.3, -0.25) is 0 Å². The van der Waals surface area contributed by atoms with E-state index in [1.807, 2.05) is 11.8 Å². The zero-order valence-electron chi connectivity index (χ0n) is 10.7. The minimum atomic E-state index is 0.524. The van der Waals surface area contributed by atoms with Crippen molar-refractivity contribution in [3.63, 3.8) is 0 Å². The highest BCUT2D eigenvalue weighted by atomic mass is 79.9. The first-order chi connectivity index (χ1) is 8.10. The number of nitrogens with two attached hydrogens (primary N) is 1. The van der Waals surface area contributed by atoms with E-state index < -0.39 is 0 Å². The van der Waals surface area contributed by atoms with Gasteiger partial charge in [-0.2, -0.15) is 11.8 Å². The van der Waals surface area contributed by atoms with Gasteiger partial charge in [0, 0.05) is 29.0 Å². The largest absolute Gasteiger partial charge is 0.371 e. The predicted octanol–water partition coefficient (Wildman–Crippen LogP) is 3.14. The van der Waals surface area contributed by atoms with Crippen molar-refractivity contribution in [1.82, 2.24) is 0 Å². The standard InChI is InChI=1S/C13H21BrN2S/c1-10(9-17-3)16(2)13-8-12(14)5-4-11(13)6-7-15/h4-5,8,10H,6-7,9,15H2,1-3H3. The first-order valence-electron chi connectivity index (χ1n) is 5.80. The monoisotopic (exact) mass is 316 g/mol. The van der Waals surface area contributed by atoms with E-state index in [2.05, 4.69) is 59.3 Å². The molecule has 4 heteroatoms. The number of nitrogens with zero attached hydrogens (tertiary/aromatic N) is 1. The summed E-state index contributed by atoms with van der Waals surface area (Å²) < 4.78 is 1.12. The Hall–Kier alpha value is -0.190. The molecule has 1 aromatic rings. The van der Waals surface area contributed by atoms with E-state index in [0.717, 1.165) is 16.6 Å². The number of hydrogen-bond acceptors (Lipinski definition) is 3. The molecule has 96 valence electrons. The summed E-state index contributed by atoms with van der Waals surface area (Å²) in [6.45, 7) is 2.95. The third-order valence-corrected chi connectivity index (χ3v) is 4.22. The van der Waals surface area contributed by atoms with Gasteiger partial charge in [0.2, 0.25) is 0 Å². The van der Waals surface area contributed by atoms with Crippen molar-refractivity contribution in [2.45, 2.75) is 19.4 Å². The topological polar surface area (TPSA) is 29.3 Å². The Bertz CT molecular complexity index is 357. The highest BCUT2D eigenvalue weighted by Gasteiger charge is 2.13. The lowest BCUT2D eigenvalue weighted by atomic mass is 10.1. The van der Waals surface area contributed by atoms with Crippen LogP contribution >= 0.6 is 27.7 Å². The van der Waals surface area contributed by atoms with Gasteiger partial charge in [-0.1, -0.05) is 22.0 Å². The zero-order valence-corrected chi connectivity index (χ0v) is 13.1. The minimum Gasteiger partial charge on any atom is -0.371 e. The molecule has 0 heterocycles. The average Bonchev–Trinajstić information content (AvgIpc) is 2.31. The summed E-state index contributed by atoms with van der Waals surface area (Å²) in [5.74, 6) is 1.13. The van der Waals surface area contributed by atoms with E-state index in [0.29, 0.717) is 12.6 Å². The van der Waals surface area contributed by atoms with Crippen molar-refractivity contribution in [3.05, 3.63) is 28.2 Å². The normalized spacial score (nSPS) is 12.5. The summed E-state index contributed by atoms with van der Waals surface area (Å²) in [5, 5.41) is 0. The van der Waals surface area contributed by atoms with Crippen LogP contribution in [0.3, 0.4) is 0 Å². The molecule has 0 aliphatic rings. The van der Waals surface area contributed by atoms with Crippen LogP contribution in [0.25, 0.3) is 0 Å². The number of thioether (sulfide) groups is 1. The second kappa shape index (κ2) is 7.29. The Kier molecular flexibility index (Phi) is 6.38. The Balaban J connectivity index is 2.96. The fourth-order valence-corrected chi connectivity index (χ4v) is 2.88. The number of rotatable bonds is 6. The van der Waals surface area contributed by atoms with Gasteiger partial charge in [0.25, 0.3) is 0 Å². The van der Waals surface area contributed by atoms with E-state index in [9.17, 15) is 0 Å². The molecule has 2 N–H and O–H groups in total. The number of hydrogen-bond donors (Lipinski definition) is 1. The molecule has 0 aromatic heterocycles. The van der Waals surface area contributed by atoms with Crippen molar-refractivity contribution >= 4 is 33.4 Å². The molecule has 1 atom stereocenters. The lowest BCUT2D eigenvalue weighted by Gasteiger charge is -2.29. The van der Waals surface area contributed by atoms with Gasteiger partial charge in [0.15, 0.2) is 0 Å². The Morgan fingerprint density at radius 3 is 2.76 bits per heavy atom. The van der Waals surface area contributed by atoms with Crippen LogP contribution in [-0.4, -0.2) is 31.6 Å². The van der Waals surface area contributed by atoms with Crippen molar-refractivity contribution in [3.8, 4) is 0 Å². The van der Waals surface area contributed by atoms with E-state index in [1.165, 1.54) is 11.3 Å². The molecular weight excluding hydrogens is 296 g/mol. The highest BCUT2D eigenvalue weighted by molar-refractivity contribution is 9.10. The van der Waals surface area contributed by atoms with Crippen LogP contribution in [0.4, 0.5) is 5.69 Å². The SMILES string of the molecule is CSCC(C)N(C)c1cc(Br)ccc1CCN. The van der Waals surface area contributed by atoms with Crippen LogP contribution in [0.5, 0.6) is 0 Å². The van der Waals surface area contributed by atoms with E-state index >= 15 is 0 Å². The van der Waals surface area contributed by atoms with Crippen molar-refractivity contribution in [1.29, 1.82) is 0 Å². The summed E-state index contributed by atoms with van der Waals surface area (Å²) in [6, 6.07) is 6.95. The third kappa shape index (κ3) is 4.19. The van der Waals surface area contributed by atoms with Gasteiger partial charge in [-0.05, 0) is 43.8 Å². The second-order valence-electron chi connectivity index (χ2n) is 4.23. The van der Waals surface area contributed by atoms with Crippen LogP contribution in [0.1, 0.15) is 12.5 Å². The molecule has 0 aliphatic heterocycles. The smallest absolute Gasteiger partial charge is 0.0410 e. The molecule has 0 fully saturated rings. The summed E-state index contributed by atoms with van der Waals surface area (Å²) >= 11 is 5.42. The van der Waals surface area contributed by atoms with Crippen LogP contribution in [0.2, 0.25) is 0 Å². The minimum absolute atomic E-state index is 0.524. The van der Waals surface area contributed by atoms with E-state index in [-0.39, 0.29) is 0 Å². The molecule has 17 heavy (non-hydrogen) atoms. The molecule has 1 rings (SSSR count). The second-order valence-corrected chi connectivity index (χ2v) is 6.05. The average molecular weight is 317 g/mol. The molecule has 1 unspecified atom stereocenters. The van der Waals surface area contributed by atoms with Crippen LogP contribution in [0.15, 0.2) is 22.7 Å². The van der Waals surface area contributed by atoms with Gasteiger partial charge in [-0.25, -0.2) is 0 Å². The number of benzene rings is 1. The highest BCUT2D eigenvalue weighted by Crippen LogP contribution is 2.26. The maximum atomic E-state index is 5.67. The maximum absolute atomic E-state index is 5.67. The van der Waals surface area contributed by atoms with Gasteiger partial charge < -0.3 is 10.6 Å². The van der Waals surface area contributed by atoms with E-state index in [4.69, 9.17) is 5.73 Å². The fraction of sp³-hybridized carbons (Fsp3) is 0.538. The molecule has 0 amide bonds. The Morgan fingerprint density at radius 2 is 2.18 bits per heavy atom. The predicted molar refractivity (Wildman–Crippen MR) is 83.1 cm³/mol.